The number of amides is 1. The van der Waals surface area contributed by atoms with E-state index >= 15 is 0 Å². The molecule has 8 nitrogen and oxygen atoms in total. The second-order valence-electron chi connectivity index (χ2n) is 6.93. The van der Waals surface area contributed by atoms with E-state index in [0.717, 1.165) is 57.2 Å². The van der Waals surface area contributed by atoms with Crippen molar-refractivity contribution in [3.63, 3.8) is 0 Å². The van der Waals surface area contributed by atoms with Crippen LogP contribution >= 0.6 is 24.8 Å². The maximum Gasteiger partial charge on any atom is 0.222 e. The Balaban J connectivity index is 0.00000131. The van der Waals surface area contributed by atoms with Gasteiger partial charge in [-0.3, -0.25) is 4.79 Å². The Morgan fingerprint density at radius 1 is 1.11 bits per heavy atom. The van der Waals surface area contributed by atoms with Crippen LogP contribution in [-0.2, 0) is 4.79 Å². The van der Waals surface area contributed by atoms with Gasteiger partial charge in [-0.25, -0.2) is 0 Å². The van der Waals surface area contributed by atoms with Gasteiger partial charge in [-0.1, -0.05) is 0 Å². The molecule has 0 aromatic carbocycles. The average Bonchev–Trinajstić information content (AvgIpc) is 3.15. The van der Waals surface area contributed by atoms with Crippen molar-refractivity contribution in [2.45, 2.75) is 25.7 Å². The van der Waals surface area contributed by atoms with E-state index in [0.29, 0.717) is 18.2 Å². The van der Waals surface area contributed by atoms with Crippen LogP contribution in [0.4, 0.5) is 5.82 Å². The summed E-state index contributed by atoms with van der Waals surface area (Å²) in [5, 5.41) is 15.7. The van der Waals surface area contributed by atoms with Gasteiger partial charge in [0.25, 0.3) is 0 Å². The molecule has 0 aliphatic carbocycles. The Labute approximate surface area is 171 Å². The van der Waals surface area contributed by atoms with Crippen LogP contribution in [0, 0.1) is 5.92 Å². The Morgan fingerprint density at radius 3 is 2.59 bits per heavy atom. The zero-order valence-corrected chi connectivity index (χ0v) is 16.9. The van der Waals surface area contributed by atoms with Crippen molar-refractivity contribution in [1.82, 2.24) is 30.0 Å². The van der Waals surface area contributed by atoms with E-state index in [-0.39, 0.29) is 24.8 Å². The number of aromatic nitrogens is 4. The summed E-state index contributed by atoms with van der Waals surface area (Å²) in [5.41, 5.74) is 0.746. The van der Waals surface area contributed by atoms with E-state index in [4.69, 9.17) is 0 Å². The second kappa shape index (κ2) is 10.1. The van der Waals surface area contributed by atoms with E-state index in [1.54, 1.807) is 10.8 Å². The molecule has 2 fully saturated rings. The molecule has 4 rings (SSSR count). The molecule has 0 atom stereocenters. The first-order valence-corrected chi connectivity index (χ1v) is 9.20. The van der Waals surface area contributed by atoms with Crippen molar-refractivity contribution < 1.29 is 4.79 Å². The SMILES string of the molecule is Cl.Cl.O=C(CCC1CCNCC1)N1CCN(c2ccc3nncn3n2)CC1. The number of fused-ring (bicyclic) bond motifs is 1. The van der Waals surface area contributed by atoms with Crippen LogP contribution in [0.5, 0.6) is 0 Å². The minimum atomic E-state index is 0. The van der Waals surface area contributed by atoms with E-state index in [2.05, 4.69) is 25.5 Å². The number of hydrogen-bond donors (Lipinski definition) is 1. The summed E-state index contributed by atoms with van der Waals surface area (Å²) in [7, 11) is 0. The third kappa shape index (κ3) is 5.21. The lowest BCUT2D eigenvalue weighted by Crippen LogP contribution is -2.49. The number of rotatable bonds is 4. The number of carbonyl (C=O) groups is 1. The van der Waals surface area contributed by atoms with E-state index in [1.165, 1.54) is 12.8 Å². The van der Waals surface area contributed by atoms with Gasteiger partial charge in [-0.2, -0.15) is 4.52 Å². The standard InChI is InChI=1S/C17H25N7O.2ClH/c25-17(4-1-14-5-7-18-8-6-14)23-11-9-22(10-12-23)16-3-2-15-20-19-13-24(15)21-16;;/h2-3,13-14,18H,1,4-12H2;2*1H. The van der Waals surface area contributed by atoms with Crippen molar-refractivity contribution in [3.05, 3.63) is 18.5 Å². The Kier molecular flexibility index (Phi) is 8.07. The fraction of sp³-hybridized carbons (Fsp3) is 0.647. The van der Waals surface area contributed by atoms with Crippen molar-refractivity contribution in [2.24, 2.45) is 5.92 Å². The van der Waals surface area contributed by atoms with Crippen molar-refractivity contribution in [2.75, 3.05) is 44.2 Å². The van der Waals surface area contributed by atoms with Crippen LogP contribution in [0.1, 0.15) is 25.7 Å². The largest absolute Gasteiger partial charge is 0.352 e. The summed E-state index contributed by atoms with van der Waals surface area (Å²) < 4.78 is 1.69. The molecular weight excluding hydrogens is 389 g/mol. The Morgan fingerprint density at radius 2 is 1.85 bits per heavy atom. The molecule has 2 aromatic rings. The summed E-state index contributed by atoms with van der Waals surface area (Å²) in [6.07, 6.45) is 5.75. The first kappa shape index (κ1) is 21.7. The highest BCUT2D eigenvalue weighted by Gasteiger charge is 2.23. The summed E-state index contributed by atoms with van der Waals surface area (Å²) in [6.45, 7) is 5.38. The minimum Gasteiger partial charge on any atom is -0.352 e. The molecule has 10 heteroatoms. The zero-order chi connectivity index (χ0) is 17.1. The molecule has 2 aliphatic rings. The van der Waals surface area contributed by atoms with Gasteiger partial charge in [0.2, 0.25) is 5.91 Å². The number of halogens is 2. The molecule has 0 bridgehead atoms. The van der Waals surface area contributed by atoms with Gasteiger partial charge in [0.1, 0.15) is 12.1 Å². The fourth-order valence-corrected chi connectivity index (χ4v) is 3.73. The van der Waals surface area contributed by atoms with Crippen molar-refractivity contribution in [1.29, 1.82) is 0 Å². The number of anilines is 1. The molecule has 0 saturated carbocycles. The number of carbonyl (C=O) groups excluding carboxylic acids is 1. The van der Waals surface area contributed by atoms with Crippen LogP contribution in [0.25, 0.3) is 5.65 Å². The molecule has 150 valence electrons. The molecular formula is C17H27Cl2N7O. The van der Waals surface area contributed by atoms with Crippen LogP contribution in [-0.4, -0.2) is 69.9 Å². The third-order valence-electron chi connectivity index (χ3n) is 5.33. The third-order valence-corrected chi connectivity index (χ3v) is 5.33. The van der Waals surface area contributed by atoms with Crippen LogP contribution < -0.4 is 10.2 Å². The smallest absolute Gasteiger partial charge is 0.222 e. The normalized spacial score (nSPS) is 18.1. The number of piperidine rings is 1. The van der Waals surface area contributed by atoms with E-state index < -0.39 is 0 Å². The first-order valence-electron chi connectivity index (χ1n) is 9.20. The monoisotopic (exact) mass is 415 g/mol. The number of piperazine rings is 1. The molecule has 2 aromatic heterocycles. The predicted octanol–water partition coefficient (Wildman–Crippen LogP) is 1.40. The molecule has 1 amide bonds. The van der Waals surface area contributed by atoms with E-state index in [9.17, 15) is 4.79 Å². The lowest BCUT2D eigenvalue weighted by molar-refractivity contribution is -0.131. The molecule has 2 saturated heterocycles. The quantitative estimate of drug-likeness (QED) is 0.812. The van der Waals surface area contributed by atoms with E-state index in [1.807, 2.05) is 17.0 Å². The highest BCUT2D eigenvalue weighted by Crippen LogP contribution is 2.19. The predicted molar refractivity (Wildman–Crippen MR) is 109 cm³/mol. The molecule has 0 spiro atoms. The highest BCUT2D eigenvalue weighted by atomic mass is 35.5. The maximum atomic E-state index is 12.5. The second-order valence-corrected chi connectivity index (χ2v) is 6.93. The van der Waals surface area contributed by atoms with Crippen molar-refractivity contribution >= 4 is 42.2 Å². The van der Waals surface area contributed by atoms with Crippen LogP contribution in [0.3, 0.4) is 0 Å². The summed E-state index contributed by atoms with van der Waals surface area (Å²) in [5.74, 6) is 1.93. The minimum absolute atomic E-state index is 0. The molecule has 0 unspecified atom stereocenters. The zero-order valence-electron chi connectivity index (χ0n) is 15.3. The Bertz CT molecular complexity index is 727. The summed E-state index contributed by atoms with van der Waals surface area (Å²) in [6, 6.07) is 3.89. The average molecular weight is 416 g/mol. The fourth-order valence-electron chi connectivity index (χ4n) is 3.73. The molecule has 27 heavy (non-hydrogen) atoms. The highest BCUT2D eigenvalue weighted by molar-refractivity contribution is 5.85. The number of nitrogens with one attached hydrogen (secondary N) is 1. The van der Waals surface area contributed by atoms with Crippen molar-refractivity contribution in [3.8, 4) is 0 Å². The number of nitrogens with zero attached hydrogens (tertiary/aromatic N) is 6. The van der Waals surface area contributed by atoms with Crippen LogP contribution in [0.2, 0.25) is 0 Å². The van der Waals surface area contributed by atoms with Gasteiger partial charge in [-0.05, 0) is 50.4 Å². The van der Waals surface area contributed by atoms with Gasteiger partial charge in [0.05, 0.1) is 0 Å². The van der Waals surface area contributed by atoms with Gasteiger partial charge >= 0.3 is 0 Å². The molecule has 4 heterocycles. The van der Waals surface area contributed by atoms with Gasteiger partial charge in [-0.15, -0.1) is 40.1 Å². The van der Waals surface area contributed by atoms with Crippen LogP contribution in [0.15, 0.2) is 18.5 Å². The van der Waals surface area contributed by atoms with Gasteiger partial charge in [0.15, 0.2) is 5.65 Å². The molecule has 2 aliphatic heterocycles. The van der Waals surface area contributed by atoms with Gasteiger partial charge < -0.3 is 15.1 Å². The summed E-state index contributed by atoms with van der Waals surface area (Å²) in [4.78, 5) is 16.7. The van der Waals surface area contributed by atoms with Gasteiger partial charge in [0, 0.05) is 32.6 Å². The number of hydrogen-bond acceptors (Lipinski definition) is 6. The topological polar surface area (TPSA) is 78.7 Å². The first-order chi connectivity index (χ1) is 12.3. The lowest BCUT2D eigenvalue weighted by Gasteiger charge is -2.35. The lowest BCUT2D eigenvalue weighted by atomic mass is 9.93. The maximum absolute atomic E-state index is 12.5. The molecule has 0 radical (unpaired) electrons. The summed E-state index contributed by atoms with van der Waals surface area (Å²) >= 11 is 0. The molecule has 1 N–H and O–H groups in total. The Hall–Kier alpha value is -1.64.